The van der Waals surface area contributed by atoms with Gasteiger partial charge in [-0.2, -0.15) is 0 Å². The number of ether oxygens (including phenoxy) is 1. The smallest absolute Gasteiger partial charge is 0.0964 e. The quantitative estimate of drug-likeness (QED) is 0.850. The van der Waals surface area contributed by atoms with E-state index in [1.807, 2.05) is 0 Å². The summed E-state index contributed by atoms with van der Waals surface area (Å²) in [6, 6.07) is 0. The van der Waals surface area contributed by atoms with Crippen molar-refractivity contribution in [3.05, 3.63) is 15.6 Å². The van der Waals surface area contributed by atoms with Crippen LogP contribution < -0.4 is 0 Å². The normalized spacial score (nSPS) is 28.1. The Kier molecular flexibility index (Phi) is 3.20. The van der Waals surface area contributed by atoms with Crippen molar-refractivity contribution in [1.29, 1.82) is 0 Å². The first-order chi connectivity index (χ1) is 8.55. The summed E-state index contributed by atoms with van der Waals surface area (Å²) in [4.78, 5) is 5.94. The Labute approximate surface area is 112 Å². The number of hydrogen-bond acceptors (Lipinski definition) is 4. The maximum atomic E-state index is 10.3. The van der Waals surface area contributed by atoms with Crippen molar-refractivity contribution >= 4 is 11.3 Å². The molecule has 1 aromatic heterocycles. The first-order valence-electron chi connectivity index (χ1n) is 6.80. The number of aliphatic hydroxyl groups excluding tert-OH is 1. The first kappa shape index (κ1) is 12.6. The van der Waals surface area contributed by atoms with Gasteiger partial charge in [0.05, 0.1) is 21.7 Å². The predicted molar refractivity (Wildman–Crippen MR) is 72.0 cm³/mol. The number of thiazole rings is 1. The third kappa shape index (κ3) is 2.33. The van der Waals surface area contributed by atoms with Crippen LogP contribution in [0.2, 0.25) is 0 Å². The van der Waals surface area contributed by atoms with Crippen LogP contribution in [0.5, 0.6) is 0 Å². The van der Waals surface area contributed by atoms with Gasteiger partial charge in [0.2, 0.25) is 0 Å². The molecule has 0 saturated carbocycles. The molecule has 3 nitrogen and oxygen atoms in total. The van der Waals surface area contributed by atoms with Crippen LogP contribution in [0, 0.1) is 5.41 Å². The highest BCUT2D eigenvalue weighted by Crippen LogP contribution is 2.44. The van der Waals surface area contributed by atoms with Crippen molar-refractivity contribution in [2.24, 2.45) is 5.41 Å². The lowest BCUT2D eigenvalue weighted by Gasteiger charge is -2.31. The van der Waals surface area contributed by atoms with Crippen LogP contribution in [0.3, 0.4) is 0 Å². The van der Waals surface area contributed by atoms with Gasteiger partial charge >= 0.3 is 0 Å². The van der Waals surface area contributed by atoms with E-state index in [1.165, 1.54) is 5.01 Å². The van der Waals surface area contributed by atoms with Gasteiger partial charge in [0.1, 0.15) is 0 Å². The molecule has 2 heterocycles. The van der Waals surface area contributed by atoms with Gasteiger partial charge in [-0.05, 0) is 31.1 Å². The molecule has 1 atom stereocenters. The molecule has 1 unspecified atom stereocenters. The highest BCUT2D eigenvalue weighted by molar-refractivity contribution is 7.11. The van der Waals surface area contributed by atoms with Crippen molar-refractivity contribution < 1.29 is 9.84 Å². The van der Waals surface area contributed by atoms with E-state index >= 15 is 0 Å². The molecule has 1 aliphatic heterocycles. The molecule has 4 heteroatoms. The molecule has 2 aliphatic rings. The maximum Gasteiger partial charge on any atom is 0.0964 e. The van der Waals surface area contributed by atoms with Crippen molar-refractivity contribution in [1.82, 2.24) is 4.98 Å². The summed E-state index contributed by atoms with van der Waals surface area (Å²) in [5, 5.41) is 11.5. The predicted octanol–water partition coefficient (Wildman–Crippen LogP) is 3.04. The molecule has 0 radical (unpaired) electrons. The van der Waals surface area contributed by atoms with E-state index in [-0.39, 0.29) is 11.5 Å². The molecule has 0 amide bonds. The minimum Gasteiger partial charge on any atom is -0.387 e. The lowest BCUT2D eigenvalue weighted by molar-refractivity contribution is 0.0851. The Balaban J connectivity index is 1.87. The number of rotatable bonds is 1. The Hall–Kier alpha value is -0.450. The first-order valence-corrected chi connectivity index (χ1v) is 7.62. The van der Waals surface area contributed by atoms with E-state index in [9.17, 15) is 5.11 Å². The summed E-state index contributed by atoms with van der Waals surface area (Å²) in [5.41, 5.74) is 1.32. The highest BCUT2D eigenvalue weighted by Gasteiger charge is 2.35. The molecule has 18 heavy (non-hydrogen) atoms. The zero-order valence-corrected chi connectivity index (χ0v) is 11.9. The lowest BCUT2D eigenvalue weighted by atomic mass is 9.77. The minimum absolute atomic E-state index is 0.174. The third-order valence-electron chi connectivity index (χ3n) is 4.01. The van der Waals surface area contributed by atoms with Crippen LogP contribution in [0.25, 0.3) is 0 Å². The fraction of sp³-hybridized carbons (Fsp3) is 0.786. The molecule has 0 aromatic carbocycles. The van der Waals surface area contributed by atoms with Crippen molar-refractivity contribution in [3.8, 4) is 0 Å². The van der Waals surface area contributed by atoms with Crippen LogP contribution in [-0.4, -0.2) is 23.3 Å². The molecule has 100 valence electrons. The molecule has 0 spiro atoms. The number of aromatic nitrogens is 1. The van der Waals surface area contributed by atoms with E-state index < -0.39 is 0 Å². The minimum atomic E-state index is -0.310. The van der Waals surface area contributed by atoms with E-state index in [0.717, 1.165) is 49.5 Å². The van der Waals surface area contributed by atoms with Gasteiger partial charge in [-0.25, -0.2) is 4.98 Å². The van der Waals surface area contributed by atoms with Gasteiger partial charge < -0.3 is 9.84 Å². The molecular formula is C14H21NO2S. The zero-order chi connectivity index (χ0) is 12.8. The van der Waals surface area contributed by atoms with Gasteiger partial charge in [-0.15, -0.1) is 11.3 Å². The van der Waals surface area contributed by atoms with E-state index in [1.54, 1.807) is 11.3 Å². The molecule has 1 N–H and O–H groups in total. The van der Waals surface area contributed by atoms with Gasteiger partial charge in [-0.3, -0.25) is 0 Å². The number of hydrogen-bond donors (Lipinski definition) is 1. The Morgan fingerprint density at radius 3 is 2.78 bits per heavy atom. The second kappa shape index (κ2) is 4.58. The Morgan fingerprint density at radius 1 is 1.33 bits per heavy atom. The van der Waals surface area contributed by atoms with E-state index in [0.29, 0.717) is 5.92 Å². The van der Waals surface area contributed by atoms with Crippen molar-refractivity contribution in [2.75, 3.05) is 13.2 Å². The summed E-state index contributed by atoms with van der Waals surface area (Å²) in [6.45, 7) is 6.13. The number of nitrogens with zero attached hydrogens (tertiary/aromatic N) is 1. The van der Waals surface area contributed by atoms with Crippen LogP contribution in [0.4, 0.5) is 0 Å². The summed E-state index contributed by atoms with van der Waals surface area (Å²) in [7, 11) is 0. The average molecular weight is 267 g/mol. The fourth-order valence-electron chi connectivity index (χ4n) is 3.03. The molecule has 1 saturated heterocycles. The molecule has 0 bridgehead atoms. The fourth-order valence-corrected chi connectivity index (χ4v) is 4.27. The average Bonchev–Trinajstić information content (AvgIpc) is 2.72. The zero-order valence-electron chi connectivity index (χ0n) is 11.1. The van der Waals surface area contributed by atoms with Crippen LogP contribution in [-0.2, 0) is 11.2 Å². The van der Waals surface area contributed by atoms with Gasteiger partial charge in [-0.1, -0.05) is 13.8 Å². The molecule has 3 rings (SSSR count). The standard InChI is InChI=1S/C14H21NO2S/c1-14(2)7-10-12(11(16)8-14)18-13(15-10)9-3-5-17-6-4-9/h9,11,16H,3-8H2,1-2H3. The molecule has 1 aromatic rings. The van der Waals surface area contributed by atoms with Gasteiger partial charge in [0.25, 0.3) is 0 Å². The highest BCUT2D eigenvalue weighted by atomic mass is 32.1. The molecule has 1 aliphatic carbocycles. The SMILES string of the molecule is CC1(C)Cc2nc(C3CCOCC3)sc2C(O)C1. The Morgan fingerprint density at radius 2 is 2.06 bits per heavy atom. The van der Waals surface area contributed by atoms with Crippen LogP contribution in [0.1, 0.15) is 60.7 Å². The van der Waals surface area contributed by atoms with Gasteiger partial charge in [0, 0.05) is 19.1 Å². The largest absolute Gasteiger partial charge is 0.387 e. The van der Waals surface area contributed by atoms with Crippen molar-refractivity contribution in [2.45, 2.75) is 51.6 Å². The van der Waals surface area contributed by atoms with Crippen LogP contribution >= 0.6 is 11.3 Å². The summed E-state index contributed by atoms with van der Waals surface area (Å²) in [6.07, 6.45) is 3.70. The molecule has 1 fully saturated rings. The second-order valence-electron chi connectivity index (χ2n) is 6.31. The summed E-state index contributed by atoms with van der Waals surface area (Å²) in [5.74, 6) is 0.546. The number of fused-ring (bicyclic) bond motifs is 1. The number of aliphatic hydroxyl groups is 1. The summed E-state index contributed by atoms with van der Waals surface area (Å²) >= 11 is 1.73. The third-order valence-corrected chi connectivity index (χ3v) is 5.37. The van der Waals surface area contributed by atoms with Crippen molar-refractivity contribution in [3.63, 3.8) is 0 Å². The van der Waals surface area contributed by atoms with Crippen LogP contribution in [0.15, 0.2) is 0 Å². The van der Waals surface area contributed by atoms with Gasteiger partial charge in [0.15, 0.2) is 0 Å². The van der Waals surface area contributed by atoms with E-state index in [4.69, 9.17) is 9.72 Å². The monoisotopic (exact) mass is 267 g/mol. The lowest BCUT2D eigenvalue weighted by Crippen LogP contribution is -2.24. The van der Waals surface area contributed by atoms with E-state index in [2.05, 4.69) is 13.8 Å². The summed E-state index contributed by atoms with van der Waals surface area (Å²) < 4.78 is 5.40. The maximum absolute atomic E-state index is 10.3. The second-order valence-corrected chi connectivity index (χ2v) is 7.37. The Bertz CT molecular complexity index is 435. The molecular weight excluding hydrogens is 246 g/mol. The topological polar surface area (TPSA) is 42.4 Å².